The lowest BCUT2D eigenvalue weighted by Crippen LogP contribution is -2.28. The number of hydrogen-bond donors (Lipinski definition) is 2. The molecule has 84 valence electrons. The van der Waals surface area contributed by atoms with Gasteiger partial charge in [0.05, 0.1) is 4.34 Å². The van der Waals surface area contributed by atoms with Gasteiger partial charge in [-0.3, -0.25) is 0 Å². The first-order valence-electron chi connectivity index (χ1n) is 5.23. The van der Waals surface area contributed by atoms with Crippen LogP contribution in [-0.2, 0) is 0 Å². The summed E-state index contributed by atoms with van der Waals surface area (Å²) in [4.78, 5) is 0. The maximum atomic E-state index is 9.19. The van der Waals surface area contributed by atoms with Crippen molar-refractivity contribution < 1.29 is 5.11 Å². The summed E-state index contributed by atoms with van der Waals surface area (Å²) >= 11 is 7.45. The van der Waals surface area contributed by atoms with Crippen LogP contribution < -0.4 is 5.32 Å². The molecule has 0 radical (unpaired) electrons. The molecule has 1 aromatic heterocycles. The summed E-state index contributed by atoms with van der Waals surface area (Å²) in [6.07, 6.45) is 2.29. The first-order chi connectivity index (χ1) is 7.15. The van der Waals surface area contributed by atoms with Crippen molar-refractivity contribution in [1.82, 2.24) is 5.32 Å². The molecule has 0 spiro atoms. The Morgan fingerprint density at radius 2 is 2.40 bits per heavy atom. The maximum absolute atomic E-state index is 9.19. The van der Waals surface area contributed by atoms with Crippen LogP contribution in [0.25, 0.3) is 0 Å². The molecule has 1 aliphatic rings. The number of aliphatic hydroxyl groups is 1. The lowest BCUT2D eigenvalue weighted by atomic mass is 10.1. The van der Waals surface area contributed by atoms with Crippen molar-refractivity contribution in [3.05, 3.63) is 21.3 Å². The highest BCUT2D eigenvalue weighted by atomic mass is 35.5. The van der Waals surface area contributed by atoms with E-state index in [1.165, 1.54) is 5.56 Å². The molecular formula is C11H16ClNOS. The van der Waals surface area contributed by atoms with Crippen molar-refractivity contribution in [3.63, 3.8) is 0 Å². The zero-order valence-electron chi connectivity index (χ0n) is 8.79. The van der Waals surface area contributed by atoms with Crippen LogP contribution in [0.15, 0.2) is 11.4 Å². The standard InChI is InChI=1S/C11H16ClNOS/c1-8(9-4-10(12)15-5-9)13-6-11(7-14)2-3-11/h4-5,8,13-14H,2-3,6-7H2,1H3. The van der Waals surface area contributed by atoms with Crippen LogP contribution in [-0.4, -0.2) is 18.3 Å². The van der Waals surface area contributed by atoms with Gasteiger partial charge in [0, 0.05) is 24.6 Å². The van der Waals surface area contributed by atoms with Gasteiger partial charge < -0.3 is 10.4 Å². The molecule has 15 heavy (non-hydrogen) atoms. The quantitative estimate of drug-likeness (QED) is 0.836. The van der Waals surface area contributed by atoms with Crippen LogP contribution in [0.5, 0.6) is 0 Å². The van der Waals surface area contributed by atoms with E-state index in [-0.39, 0.29) is 5.41 Å². The third-order valence-corrected chi connectivity index (χ3v) is 4.27. The van der Waals surface area contributed by atoms with Crippen LogP contribution in [0.4, 0.5) is 0 Å². The third-order valence-electron chi connectivity index (χ3n) is 3.16. The molecule has 1 heterocycles. The molecule has 2 nitrogen and oxygen atoms in total. The number of thiophene rings is 1. The van der Waals surface area contributed by atoms with Crippen LogP contribution in [0.2, 0.25) is 4.34 Å². The Morgan fingerprint density at radius 1 is 1.67 bits per heavy atom. The van der Waals surface area contributed by atoms with E-state index in [4.69, 9.17) is 11.6 Å². The van der Waals surface area contributed by atoms with E-state index in [1.54, 1.807) is 11.3 Å². The molecule has 1 fully saturated rings. The molecule has 4 heteroatoms. The van der Waals surface area contributed by atoms with Crippen LogP contribution in [0, 0.1) is 5.41 Å². The van der Waals surface area contributed by atoms with Crippen LogP contribution in [0.1, 0.15) is 31.4 Å². The SMILES string of the molecule is CC(NCC1(CO)CC1)c1csc(Cl)c1. The van der Waals surface area contributed by atoms with Crippen molar-refractivity contribution in [2.75, 3.05) is 13.2 Å². The first-order valence-corrected chi connectivity index (χ1v) is 6.49. The van der Waals surface area contributed by atoms with E-state index in [0.29, 0.717) is 12.6 Å². The monoisotopic (exact) mass is 245 g/mol. The van der Waals surface area contributed by atoms with Gasteiger partial charge in [0.2, 0.25) is 0 Å². The first kappa shape index (κ1) is 11.4. The summed E-state index contributed by atoms with van der Waals surface area (Å²) in [6, 6.07) is 2.32. The van der Waals surface area contributed by atoms with Gasteiger partial charge in [0.15, 0.2) is 0 Å². The summed E-state index contributed by atoms with van der Waals surface area (Å²) in [6.45, 7) is 3.33. The topological polar surface area (TPSA) is 32.3 Å². The Morgan fingerprint density at radius 3 is 2.87 bits per heavy atom. The van der Waals surface area contributed by atoms with Crippen molar-refractivity contribution in [2.45, 2.75) is 25.8 Å². The lowest BCUT2D eigenvalue weighted by Gasteiger charge is -2.17. The highest BCUT2D eigenvalue weighted by molar-refractivity contribution is 7.14. The molecule has 0 amide bonds. The van der Waals surface area contributed by atoms with Gasteiger partial charge in [0.25, 0.3) is 0 Å². The Kier molecular flexibility index (Phi) is 3.36. The summed E-state index contributed by atoms with van der Waals surface area (Å²) in [5, 5.41) is 14.7. The van der Waals surface area contributed by atoms with Gasteiger partial charge in [0.1, 0.15) is 0 Å². The van der Waals surface area contributed by atoms with Crippen LogP contribution in [0.3, 0.4) is 0 Å². The molecule has 0 saturated heterocycles. The fourth-order valence-electron chi connectivity index (χ4n) is 1.61. The average Bonchev–Trinajstić information content (AvgIpc) is 2.90. The highest BCUT2D eigenvalue weighted by Crippen LogP contribution is 2.44. The van der Waals surface area contributed by atoms with Crippen molar-refractivity contribution >= 4 is 22.9 Å². The van der Waals surface area contributed by atoms with E-state index in [9.17, 15) is 5.11 Å². The second-order valence-electron chi connectivity index (χ2n) is 4.44. The molecule has 1 aromatic rings. The summed E-state index contributed by atoms with van der Waals surface area (Å²) in [5.74, 6) is 0. The normalized spacial score (nSPS) is 20.2. The summed E-state index contributed by atoms with van der Waals surface area (Å²) in [5.41, 5.74) is 1.41. The zero-order valence-corrected chi connectivity index (χ0v) is 10.4. The number of aliphatic hydroxyl groups excluding tert-OH is 1. The van der Waals surface area contributed by atoms with Crippen molar-refractivity contribution in [3.8, 4) is 0 Å². The van der Waals surface area contributed by atoms with Gasteiger partial charge in [-0.25, -0.2) is 0 Å². The molecule has 1 atom stereocenters. The van der Waals surface area contributed by atoms with E-state index in [1.807, 2.05) is 6.07 Å². The number of hydrogen-bond acceptors (Lipinski definition) is 3. The minimum Gasteiger partial charge on any atom is -0.396 e. The molecule has 0 aliphatic heterocycles. The Bertz CT molecular complexity index is 335. The van der Waals surface area contributed by atoms with Crippen LogP contribution >= 0.6 is 22.9 Å². The highest BCUT2D eigenvalue weighted by Gasteiger charge is 2.41. The van der Waals surface area contributed by atoms with E-state index in [2.05, 4.69) is 17.6 Å². The Hall–Kier alpha value is -0.0900. The fourth-order valence-corrected chi connectivity index (χ4v) is 2.59. The van der Waals surface area contributed by atoms with Crippen molar-refractivity contribution in [1.29, 1.82) is 0 Å². The fraction of sp³-hybridized carbons (Fsp3) is 0.636. The smallest absolute Gasteiger partial charge is 0.0931 e. The third kappa shape index (κ3) is 2.72. The summed E-state index contributed by atoms with van der Waals surface area (Å²) < 4.78 is 0.835. The molecule has 1 unspecified atom stereocenters. The second kappa shape index (κ2) is 4.42. The molecule has 1 saturated carbocycles. The molecule has 0 aromatic carbocycles. The van der Waals surface area contributed by atoms with Crippen molar-refractivity contribution in [2.24, 2.45) is 5.41 Å². The van der Waals surface area contributed by atoms with E-state index >= 15 is 0 Å². The van der Waals surface area contributed by atoms with Gasteiger partial charge >= 0.3 is 0 Å². The van der Waals surface area contributed by atoms with Gasteiger partial charge in [-0.05, 0) is 36.8 Å². The average molecular weight is 246 g/mol. The Balaban J connectivity index is 1.85. The minimum atomic E-state index is 0.175. The van der Waals surface area contributed by atoms with E-state index in [0.717, 1.165) is 23.7 Å². The zero-order chi connectivity index (χ0) is 10.9. The maximum Gasteiger partial charge on any atom is 0.0931 e. The predicted molar refractivity (Wildman–Crippen MR) is 64.5 cm³/mol. The minimum absolute atomic E-state index is 0.175. The molecule has 2 N–H and O–H groups in total. The predicted octanol–water partition coefficient (Wildman–Crippen LogP) is 2.82. The molecule has 1 aliphatic carbocycles. The molecule has 2 rings (SSSR count). The lowest BCUT2D eigenvalue weighted by molar-refractivity contribution is 0.205. The molecule has 0 bridgehead atoms. The number of rotatable bonds is 5. The Labute approximate surface area is 99.3 Å². The molecular weight excluding hydrogens is 230 g/mol. The van der Waals surface area contributed by atoms with E-state index < -0.39 is 0 Å². The number of halogens is 1. The van der Waals surface area contributed by atoms with Gasteiger partial charge in [-0.15, -0.1) is 11.3 Å². The largest absolute Gasteiger partial charge is 0.396 e. The van der Waals surface area contributed by atoms with Gasteiger partial charge in [-0.2, -0.15) is 0 Å². The second-order valence-corrected chi connectivity index (χ2v) is 5.99. The number of nitrogens with one attached hydrogen (secondary N) is 1. The summed E-state index contributed by atoms with van der Waals surface area (Å²) in [7, 11) is 0. The van der Waals surface area contributed by atoms with Gasteiger partial charge in [-0.1, -0.05) is 11.6 Å².